The van der Waals surface area contributed by atoms with Gasteiger partial charge in [-0.15, -0.1) is 0 Å². The highest BCUT2D eigenvalue weighted by Crippen LogP contribution is 2.31. The summed E-state index contributed by atoms with van der Waals surface area (Å²) in [5, 5.41) is 3.15. The first kappa shape index (κ1) is 11.2. The molecule has 3 aromatic rings. The van der Waals surface area contributed by atoms with Gasteiger partial charge in [0, 0.05) is 22.8 Å². The molecule has 1 aromatic heterocycles. The van der Waals surface area contributed by atoms with Crippen molar-refractivity contribution in [2.24, 2.45) is 0 Å². The Morgan fingerprint density at radius 1 is 1.00 bits per heavy atom. The lowest BCUT2D eigenvalue weighted by Crippen LogP contribution is -1.86. The van der Waals surface area contributed by atoms with E-state index in [4.69, 9.17) is 11.6 Å². The fourth-order valence-electron chi connectivity index (χ4n) is 2.29. The number of pyridine rings is 1. The third-order valence-corrected chi connectivity index (χ3v) is 3.39. The van der Waals surface area contributed by atoms with Crippen molar-refractivity contribution in [1.29, 1.82) is 0 Å². The molecule has 1 nitrogen and oxygen atoms in total. The van der Waals surface area contributed by atoms with Crippen molar-refractivity contribution in [3.8, 4) is 11.1 Å². The van der Waals surface area contributed by atoms with Gasteiger partial charge in [0.15, 0.2) is 0 Å². The van der Waals surface area contributed by atoms with Gasteiger partial charge >= 0.3 is 0 Å². The molecule has 2 heteroatoms. The number of aryl methyl sites for hydroxylation is 1. The molecule has 0 bridgehead atoms. The minimum absolute atomic E-state index is 0.776. The molecule has 0 N–H and O–H groups in total. The molecular formula is C16H12ClN. The SMILES string of the molecule is Cc1cc(Cl)ccc1-c1cccc2cnccc12. The predicted octanol–water partition coefficient (Wildman–Crippen LogP) is 4.86. The molecule has 3 rings (SSSR count). The zero-order valence-corrected chi connectivity index (χ0v) is 10.8. The van der Waals surface area contributed by atoms with Gasteiger partial charge in [-0.3, -0.25) is 4.98 Å². The zero-order chi connectivity index (χ0) is 12.5. The van der Waals surface area contributed by atoms with Gasteiger partial charge in [0.1, 0.15) is 0 Å². The molecule has 0 atom stereocenters. The summed E-state index contributed by atoms with van der Waals surface area (Å²) in [6, 6.07) is 14.3. The van der Waals surface area contributed by atoms with Crippen LogP contribution in [0.25, 0.3) is 21.9 Å². The summed E-state index contributed by atoms with van der Waals surface area (Å²) in [5.74, 6) is 0. The average molecular weight is 254 g/mol. The van der Waals surface area contributed by atoms with Crippen LogP contribution in [0.15, 0.2) is 54.9 Å². The minimum atomic E-state index is 0.776. The van der Waals surface area contributed by atoms with Gasteiger partial charge < -0.3 is 0 Å². The first-order valence-corrected chi connectivity index (χ1v) is 6.23. The normalized spacial score (nSPS) is 10.8. The van der Waals surface area contributed by atoms with Crippen molar-refractivity contribution in [2.45, 2.75) is 6.92 Å². The lowest BCUT2D eigenvalue weighted by atomic mass is 9.96. The van der Waals surface area contributed by atoms with Gasteiger partial charge in [0.2, 0.25) is 0 Å². The minimum Gasteiger partial charge on any atom is -0.264 e. The smallest absolute Gasteiger partial charge is 0.0409 e. The summed E-state index contributed by atoms with van der Waals surface area (Å²) in [7, 11) is 0. The van der Waals surface area contributed by atoms with E-state index in [-0.39, 0.29) is 0 Å². The van der Waals surface area contributed by atoms with E-state index in [2.05, 4.69) is 42.2 Å². The highest BCUT2D eigenvalue weighted by atomic mass is 35.5. The molecule has 0 aliphatic heterocycles. The lowest BCUT2D eigenvalue weighted by molar-refractivity contribution is 1.36. The van der Waals surface area contributed by atoms with E-state index in [1.54, 1.807) is 0 Å². The van der Waals surface area contributed by atoms with Crippen LogP contribution < -0.4 is 0 Å². The van der Waals surface area contributed by atoms with Crippen molar-refractivity contribution in [3.05, 3.63) is 65.4 Å². The summed E-state index contributed by atoms with van der Waals surface area (Å²) >= 11 is 6.01. The number of hydrogen-bond acceptors (Lipinski definition) is 1. The van der Waals surface area contributed by atoms with Crippen molar-refractivity contribution in [2.75, 3.05) is 0 Å². The molecule has 1 heterocycles. The molecule has 0 aliphatic carbocycles. The molecule has 0 radical (unpaired) electrons. The zero-order valence-electron chi connectivity index (χ0n) is 10.0. The molecule has 0 fully saturated rings. The molecule has 0 aliphatic rings. The van der Waals surface area contributed by atoms with Gasteiger partial charge in [0.25, 0.3) is 0 Å². The van der Waals surface area contributed by atoms with E-state index < -0.39 is 0 Å². The molecule has 0 saturated heterocycles. The summed E-state index contributed by atoms with van der Waals surface area (Å²) < 4.78 is 0. The van der Waals surface area contributed by atoms with Crippen molar-refractivity contribution in [3.63, 3.8) is 0 Å². The second-order valence-corrected chi connectivity index (χ2v) is 4.80. The van der Waals surface area contributed by atoms with Crippen LogP contribution >= 0.6 is 11.6 Å². The second kappa shape index (κ2) is 4.43. The number of halogens is 1. The summed E-state index contributed by atoms with van der Waals surface area (Å²) in [5.41, 5.74) is 3.63. The van der Waals surface area contributed by atoms with E-state index in [1.807, 2.05) is 24.5 Å². The van der Waals surface area contributed by atoms with Gasteiger partial charge in [-0.05, 0) is 47.2 Å². The quantitative estimate of drug-likeness (QED) is 0.603. The van der Waals surface area contributed by atoms with E-state index in [9.17, 15) is 0 Å². The number of rotatable bonds is 1. The van der Waals surface area contributed by atoms with E-state index >= 15 is 0 Å². The Labute approximate surface area is 111 Å². The van der Waals surface area contributed by atoms with Crippen LogP contribution in [0.1, 0.15) is 5.56 Å². The number of aromatic nitrogens is 1. The van der Waals surface area contributed by atoms with Crippen LogP contribution in [0.4, 0.5) is 0 Å². The highest BCUT2D eigenvalue weighted by Gasteiger charge is 2.06. The van der Waals surface area contributed by atoms with Crippen LogP contribution in [0, 0.1) is 6.92 Å². The lowest BCUT2D eigenvalue weighted by Gasteiger charge is -2.09. The van der Waals surface area contributed by atoms with Gasteiger partial charge in [-0.1, -0.05) is 35.9 Å². The molecule has 2 aromatic carbocycles. The maximum Gasteiger partial charge on any atom is 0.0409 e. The maximum absolute atomic E-state index is 6.01. The summed E-state index contributed by atoms with van der Waals surface area (Å²) in [6.07, 6.45) is 3.72. The Kier molecular flexibility index (Phi) is 2.77. The monoisotopic (exact) mass is 253 g/mol. The van der Waals surface area contributed by atoms with E-state index in [0.29, 0.717) is 0 Å². The van der Waals surface area contributed by atoms with Crippen LogP contribution in [0.3, 0.4) is 0 Å². The van der Waals surface area contributed by atoms with Gasteiger partial charge in [0.05, 0.1) is 0 Å². The third kappa shape index (κ3) is 1.87. The average Bonchev–Trinajstić information content (AvgIpc) is 2.38. The number of hydrogen-bond donors (Lipinski definition) is 0. The molecule has 18 heavy (non-hydrogen) atoms. The Bertz CT molecular complexity index is 714. The van der Waals surface area contributed by atoms with Crippen LogP contribution in [-0.4, -0.2) is 4.98 Å². The number of fused-ring (bicyclic) bond motifs is 1. The Morgan fingerprint density at radius 3 is 2.72 bits per heavy atom. The standard InChI is InChI=1S/C16H12ClN/c1-11-9-13(17)5-6-14(11)16-4-2-3-12-10-18-8-7-15(12)16/h2-10H,1H3. The molecule has 0 saturated carbocycles. The second-order valence-electron chi connectivity index (χ2n) is 4.36. The molecular weight excluding hydrogens is 242 g/mol. The van der Waals surface area contributed by atoms with Gasteiger partial charge in [-0.2, -0.15) is 0 Å². The number of benzene rings is 2. The first-order chi connectivity index (χ1) is 8.75. The Morgan fingerprint density at radius 2 is 1.89 bits per heavy atom. The van der Waals surface area contributed by atoms with Crippen molar-refractivity contribution in [1.82, 2.24) is 4.98 Å². The van der Waals surface area contributed by atoms with E-state index in [0.717, 1.165) is 10.4 Å². The fourth-order valence-corrected chi connectivity index (χ4v) is 2.51. The first-order valence-electron chi connectivity index (χ1n) is 5.85. The molecule has 0 unspecified atom stereocenters. The van der Waals surface area contributed by atoms with Crippen molar-refractivity contribution < 1.29 is 0 Å². The molecule has 0 spiro atoms. The third-order valence-electron chi connectivity index (χ3n) is 3.16. The Hall–Kier alpha value is -1.86. The topological polar surface area (TPSA) is 12.9 Å². The Balaban J connectivity index is 2.31. The van der Waals surface area contributed by atoms with Crippen LogP contribution in [0.2, 0.25) is 5.02 Å². The van der Waals surface area contributed by atoms with Crippen LogP contribution in [0.5, 0.6) is 0 Å². The van der Waals surface area contributed by atoms with Crippen LogP contribution in [-0.2, 0) is 0 Å². The fraction of sp³-hybridized carbons (Fsp3) is 0.0625. The molecule has 0 amide bonds. The van der Waals surface area contributed by atoms with Gasteiger partial charge in [-0.25, -0.2) is 0 Å². The largest absolute Gasteiger partial charge is 0.264 e. The summed E-state index contributed by atoms with van der Waals surface area (Å²) in [6.45, 7) is 2.08. The van der Waals surface area contributed by atoms with Crippen molar-refractivity contribution >= 4 is 22.4 Å². The predicted molar refractivity (Wildman–Crippen MR) is 76.9 cm³/mol. The molecule has 88 valence electrons. The number of nitrogens with zero attached hydrogens (tertiary/aromatic N) is 1. The highest BCUT2D eigenvalue weighted by molar-refractivity contribution is 6.30. The van der Waals surface area contributed by atoms with E-state index in [1.165, 1.54) is 22.1 Å². The summed E-state index contributed by atoms with van der Waals surface area (Å²) in [4.78, 5) is 4.16. The maximum atomic E-state index is 6.01.